The number of methoxy groups -OCH3 is 1. The summed E-state index contributed by atoms with van der Waals surface area (Å²) in [6.07, 6.45) is 2.70. The van der Waals surface area contributed by atoms with Gasteiger partial charge in [0.2, 0.25) is 5.91 Å². The molecule has 4 heteroatoms. The highest BCUT2D eigenvalue weighted by atomic mass is 16.5. The van der Waals surface area contributed by atoms with Crippen LogP contribution in [0.3, 0.4) is 0 Å². The van der Waals surface area contributed by atoms with Gasteiger partial charge in [-0.15, -0.1) is 0 Å². The normalized spacial score (nSPS) is 10.5. The zero-order chi connectivity index (χ0) is 14.9. The standard InChI is InChI=1S/C17H18N2O2/c1-21-16-10-6-5-9-15(16)13-18-19-17(20)12-11-14-7-3-2-4-8-14/h2-10,13H,11-12H2,1H3,(H,19,20)/b18-13+. The van der Waals surface area contributed by atoms with E-state index in [-0.39, 0.29) is 5.91 Å². The van der Waals surface area contributed by atoms with Crippen molar-refractivity contribution in [3.05, 3.63) is 65.7 Å². The molecule has 1 amide bonds. The molecule has 0 bridgehead atoms. The summed E-state index contributed by atoms with van der Waals surface area (Å²) in [4.78, 5) is 11.7. The summed E-state index contributed by atoms with van der Waals surface area (Å²) in [5.74, 6) is 0.616. The van der Waals surface area contributed by atoms with Gasteiger partial charge < -0.3 is 4.74 Å². The summed E-state index contributed by atoms with van der Waals surface area (Å²) in [5.41, 5.74) is 4.49. The summed E-state index contributed by atoms with van der Waals surface area (Å²) in [7, 11) is 1.60. The summed E-state index contributed by atoms with van der Waals surface area (Å²) >= 11 is 0. The van der Waals surface area contributed by atoms with Crippen molar-refractivity contribution >= 4 is 12.1 Å². The largest absolute Gasteiger partial charge is 0.496 e. The Hall–Kier alpha value is -2.62. The molecule has 0 heterocycles. The molecule has 2 aromatic carbocycles. The number of hydrogen-bond acceptors (Lipinski definition) is 3. The molecule has 0 saturated carbocycles. The number of hydrazone groups is 1. The Labute approximate surface area is 124 Å². The van der Waals surface area contributed by atoms with E-state index < -0.39 is 0 Å². The second-order valence-electron chi connectivity index (χ2n) is 4.52. The van der Waals surface area contributed by atoms with Gasteiger partial charge in [-0.1, -0.05) is 42.5 Å². The molecule has 0 aliphatic rings. The number of carbonyl (C=O) groups is 1. The van der Waals surface area contributed by atoms with Gasteiger partial charge in [-0.2, -0.15) is 5.10 Å². The number of benzene rings is 2. The van der Waals surface area contributed by atoms with Crippen molar-refractivity contribution < 1.29 is 9.53 Å². The van der Waals surface area contributed by atoms with Crippen LogP contribution in [0.4, 0.5) is 0 Å². The molecule has 2 rings (SSSR count). The van der Waals surface area contributed by atoms with Crippen molar-refractivity contribution in [3.63, 3.8) is 0 Å². The second kappa shape index (κ2) is 7.85. The number of para-hydroxylation sites is 1. The Balaban J connectivity index is 1.82. The lowest BCUT2D eigenvalue weighted by atomic mass is 10.1. The molecule has 0 radical (unpaired) electrons. The number of amides is 1. The number of hydrogen-bond donors (Lipinski definition) is 1. The van der Waals surface area contributed by atoms with Crippen LogP contribution in [-0.2, 0) is 11.2 Å². The second-order valence-corrected chi connectivity index (χ2v) is 4.52. The van der Waals surface area contributed by atoms with E-state index >= 15 is 0 Å². The van der Waals surface area contributed by atoms with E-state index in [4.69, 9.17) is 4.74 Å². The van der Waals surface area contributed by atoms with Gasteiger partial charge in [-0.25, -0.2) is 5.43 Å². The van der Waals surface area contributed by atoms with Gasteiger partial charge in [0.1, 0.15) is 5.75 Å². The molecule has 0 fully saturated rings. The van der Waals surface area contributed by atoms with E-state index in [0.717, 1.165) is 16.9 Å². The third-order valence-corrected chi connectivity index (χ3v) is 3.02. The molecule has 2 aromatic rings. The minimum Gasteiger partial charge on any atom is -0.496 e. The van der Waals surface area contributed by atoms with Crippen LogP contribution in [0.5, 0.6) is 5.75 Å². The molecule has 0 spiro atoms. The first-order valence-corrected chi connectivity index (χ1v) is 6.78. The molecule has 1 N–H and O–H groups in total. The monoisotopic (exact) mass is 282 g/mol. The lowest BCUT2D eigenvalue weighted by Gasteiger charge is -2.03. The van der Waals surface area contributed by atoms with Crippen LogP contribution in [0, 0.1) is 0 Å². The van der Waals surface area contributed by atoms with Crippen LogP contribution in [0.1, 0.15) is 17.5 Å². The number of ether oxygens (including phenoxy) is 1. The van der Waals surface area contributed by atoms with Crippen molar-refractivity contribution in [1.82, 2.24) is 5.43 Å². The first kappa shape index (κ1) is 14.8. The molecule has 0 unspecified atom stereocenters. The molecule has 21 heavy (non-hydrogen) atoms. The Morgan fingerprint density at radius 2 is 1.86 bits per heavy atom. The number of nitrogens with one attached hydrogen (secondary N) is 1. The predicted molar refractivity (Wildman–Crippen MR) is 83.5 cm³/mol. The van der Waals surface area contributed by atoms with Crippen molar-refractivity contribution in [3.8, 4) is 5.75 Å². The molecular formula is C17H18N2O2. The van der Waals surface area contributed by atoms with Gasteiger partial charge in [0.15, 0.2) is 0 Å². The highest BCUT2D eigenvalue weighted by Crippen LogP contribution is 2.14. The average molecular weight is 282 g/mol. The molecule has 0 aromatic heterocycles. The third kappa shape index (κ3) is 4.76. The quantitative estimate of drug-likeness (QED) is 0.654. The number of rotatable bonds is 6. The predicted octanol–water partition coefficient (Wildman–Crippen LogP) is 2.78. The maximum absolute atomic E-state index is 11.7. The summed E-state index contributed by atoms with van der Waals surface area (Å²) in [6, 6.07) is 17.4. The highest BCUT2D eigenvalue weighted by molar-refractivity contribution is 5.85. The summed E-state index contributed by atoms with van der Waals surface area (Å²) in [6.45, 7) is 0. The SMILES string of the molecule is COc1ccccc1/C=N/NC(=O)CCc1ccccc1. The van der Waals surface area contributed by atoms with E-state index in [1.165, 1.54) is 0 Å². The highest BCUT2D eigenvalue weighted by Gasteiger charge is 2.01. The topological polar surface area (TPSA) is 50.7 Å². The fourth-order valence-electron chi connectivity index (χ4n) is 1.91. The average Bonchev–Trinajstić information content (AvgIpc) is 2.54. The lowest BCUT2D eigenvalue weighted by Crippen LogP contribution is -2.17. The fourth-order valence-corrected chi connectivity index (χ4v) is 1.91. The van der Waals surface area contributed by atoms with E-state index in [2.05, 4.69) is 10.5 Å². The van der Waals surface area contributed by atoms with Gasteiger partial charge in [-0.05, 0) is 24.1 Å². The van der Waals surface area contributed by atoms with E-state index in [1.54, 1.807) is 13.3 Å². The van der Waals surface area contributed by atoms with Gasteiger partial charge in [0.25, 0.3) is 0 Å². The Kier molecular flexibility index (Phi) is 5.52. The molecule has 0 aliphatic carbocycles. The molecule has 0 atom stereocenters. The first-order chi connectivity index (χ1) is 10.3. The van der Waals surface area contributed by atoms with Gasteiger partial charge in [0.05, 0.1) is 13.3 Å². The Morgan fingerprint density at radius 3 is 2.62 bits per heavy atom. The van der Waals surface area contributed by atoms with E-state index in [1.807, 2.05) is 54.6 Å². The van der Waals surface area contributed by atoms with Crippen LogP contribution in [0.2, 0.25) is 0 Å². The number of carbonyl (C=O) groups excluding carboxylic acids is 1. The van der Waals surface area contributed by atoms with E-state index in [0.29, 0.717) is 12.8 Å². The zero-order valence-electron chi connectivity index (χ0n) is 12.0. The maximum atomic E-state index is 11.7. The molecule has 0 saturated heterocycles. The zero-order valence-corrected chi connectivity index (χ0v) is 12.0. The maximum Gasteiger partial charge on any atom is 0.240 e. The van der Waals surface area contributed by atoms with Crippen LogP contribution in [-0.4, -0.2) is 19.2 Å². The summed E-state index contributed by atoms with van der Waals surface area (Å²) < 4.78 is 5.20. The van der Waals surface area contributed by atoms with Crippen LogP contribution in [0.15, 0.2) is 59.7 Å². The van der Waals surface area contributed by atoms with Crippen molar-refractivity contribution in [1.29, 1.82) is 0 Å². The fraction of sp³-hybridized carbons (Fsp3) is 0.176. The van der Waals surface area contributed by atoms with Crippen molar-refractivity contribution in [2.45, 2.75) is 12.8 Å². The van der Waals surface area contributed by atoms with Crippen molar-refractivity contribution in [2.24, 2.45) is 5.10 Å². The minimum atomic E-state index is -0.106. The number of aryl methyl sites for hydroxylation is 1. The van der Waals surface area contributed by atoms with Gasteiger partial charge in [-0.3, -0.25) is 4.79 Å². The summed E-state index contributed by atoms with van der Waals surface area (Å²) in [5, 5.41) is 3.96. The van der Waals surface area contributed by atoms with Gasteiger partial charge in [0, 0.05) is 12.0 Å². The van der Waals surface area contributed by atoms with Crippen LogP contribution < -0.4 is 10.2 Å². The van der Waals surface area contributed by atoms with Gasteiger partial charge >= 0.3 is 0 Å². The van der Waals surface area contributed by atoms with Crippen LogP contribution in [0.25, 0.3) is 0 Å². The number of nitrogens with zero attached hydrogens (tertiary/aromatic N) is 1. The third-order valence-electron chi connectivity index (χ3n) is 3.02. The smallest absolute Gasteiger partial charge is 0.240 e. The first-order valence-electron chi connectivity index (χ1n) is 6.78. The molecular weight excluding hydrogens is 264 g/mol. The Morgan fingerprint density at radius 1 is 1.14 bits per heavy atom. The van der Waals surface area contributed by atoms with Crippen LogP contribution >= 0.6 is 0 Å². The molecule has 108 valence electrons. The molecule has 0 aliphatic heterocycles. The Bertz CT molecular complexity index is 609. The van der Waals surface area contributed by atoms with Crippen molar-refractivity contribution in [2.75, 3.05) is 7.11 Å². The minimum absolute atomic E-state index is 0.106. The van der Waals surface area contributed by atoms with E-state index in [9.17, 15) is 4.79 Å². The molecule has 4 nitrogen and oxygen atoms in total. The lowest BCUT2D eigenvalue weighted by molar-refractivity contribution is -0.121.